The fourth-order valence-electron chi connectivity index (χ4n) is 3.62. The zero-order valence-corrected chi connectivity index (χ0v) is 17.8. The van der Waals surface area contributed by atoms with Gasteiger partial charge in [0, 0.05) is 18.0 Å². The summed E-state index contributed by atoms with van der Waals surface area (Å²) < 4.78 is 28.8. The molecular weight excluding hydrogens is 424 g/mol. The number of fused-ring (bicyclic) bond motifs is 1. The summed E-state index contributed by atoms with van der Waals surface area (Å²) in [4.78, 5) is 14.6. The number of rotatable bonds is 5. The quantitative estimate of drug-likeness (QED) is 0.552. The van der Waals surface area contributed by atoms with Crippen LogP contribution in [0.3, 0.4) is 0 Å². The van der Waals surface area contributed by atoms with Gasteiger partial charge in [0.2, 0.25) is 0 Å². The highest BCUT2D eigenvalue weighted by Gasteiger charge is 2.25. The Morgan fingerprint density at radius 1 is 1.20 bits per heavy atom. The normalized spacial score (nSPS) is 13.7. The Kier molecular flexibility index (Phi) is 5.17. The van der Waals surface area contributed by atoms with E-state index in [1.165, 1.54) is 17.4 Å². The van der Waals surface area contributed by atoms with Gasteiger partial charge in [0.25, 0.3) is 10.0 Å². The second kappa shape index (κ2) is 7.66. The summed E-state index contributed by atoms with van der Waals surface area (Å²) >= 11 is 1.73. The van der Waals surface area contributed by atoms with Gasteiger partial charge >= 0.3 is 5.97 Å². The first-order valence-electron chi connectivity index (χ1n) is 9.25. The van der Waals surface area contributed by atoms with E-state index in [-0.39, 0.29) is 10.5 Å². The smallest absolute Gasteiger partial charge is 0.339 e. The summed E-state index contributed by atoms with van der Waals surface area (Å²) in [6, 6.07) is 11.4. The molecule has 0 aliphatic carbocycles. The van der Waals surface area contributed by atoms with Crippen LogP contribution in [-0.4, -0.2) is 31.1 Å². The van der Waals surface area contributed by atoms with E-state index in [0.29, 0.717) is 12.2 Å². The van der Waals surface area contributed by atoms with Crippen LogP contribution in [0, 0.1) is 6.92 Å². The van der Waals surface area contributed by atoms with E-state index in [1.54, 1.807) is 23.5 Å². The number of carboxylic acid groups (broad SMARTS) is 1. The van der Waals surface area contributed by atoms with Crippen molar-refractivity contribution in [3.05, 3.63) is 69.4 Å². The third-order valence-corrected chi connectivity index (χ3v) is 7.64. The number of para-hydroxylation sites is 2. The minimum Gasteiger partial charge on any atom is -0.507 e. The Balaban J connectivity index is 1.69. The summed E-state index contributed by atoms with van der Waals surface area (Å²) in [6.45, 7) is 2.97. The van der Waals surface area contributed by atoms with E-state index in [0.717, 1.165) is 30.8 Å². The first-order valence-corrected chi connectivity index (χ1v) is 11.6. The number of carboxylic acids is 1. The van der Waals surface area contributed by atoms with Crippen LogP contribution in [0.5, 0.6) is 5.75 Å². The second-order valence-electron chi connectivity index (χ2n) is 7.10. The maximum atomic E-state index is 13.1. The van der Waals surface area contributed by atoms with Gasteiger partial charge in [-0.1, -0.05) is 12.1 Å². The molecule has 0 saturated carbocycles. The number of carbonyl (C=O) groups is 1. The summed E-state index contributed by atoms with van der Waals surface area (Å²) in [6.07, 6.45) is 0.896. The average Bonchev–Trinajstić information content (AvgIpc) is 3.15. The molecule has 3 N–H and O–H groups in total. The number of nitrogens with one attached hydrogen (secondary N) is 1. The van der Waals surface area contributed by atoms with Crippen LogP contribution in [0.15, 0.2) is 52.7 Å². The molecule has 0 radical (unpaired) electrons. The van der Waals surface area contributed by atoms with Gasteiger partial charge < -0.3 is 15.1 Å². The summed E-state index contributed by atoms with van der Waals surface area (Å²) in [7, 11) is -4.08. The van der Waals surface area contributed by atoms with E-state index in [1.807, 2.05) is 12.1 Å². The highest BCUT2D eigenvalue weighted by molar-refractivity contribution is 7.92. The first-order chi connectivity index (χ1) is 14.3. The number of aromatic hydroxyl groups is 1. The zero-order valence-electron chi connectivity index (χ0n) is 16.1. The van der Waals surface area contributed by atoms with Crippen LogP contribution in [0.25, 0.3) is 0 Å². The molecule has 0 spiro atoms. The summed E-state index contributed by atoms with van der Waals surface area (Å²) in [5.41, 5.74) is 2.20. The monoisotopic (exact) mass is 444 g/mol. The van der Waals surface area contributed by atoms with Gasteiger partial charge in [-0.3, -0.25) is 4.72 Å². The van der Waals surface area contributed by atoms with Gasteiger partial charge in [0.15, 0.2) is 0 Å². The number of aryl methyl sites for hydroxylation is 1. The molecule has 2 aromatic carbocycles. The number of hydrogen-bond donors (Lipinski definition) is 3. The average molecular weight is 445 g/mol. The Bertz CT molecular complexity index is 1230. The van der Waals surface area contributed by atoms with Crippen LogP contribution in [0.2, 0.25) is 0 Å². The number of benzene rings is 2. The minimum atomic E-state index is -4.08. The van der Waals surface area contributed by atoms with Crippen molar-refractivity contribution in [2.45, 2.75) is 24.8 Å². The summed E-state index contributed by atoms with van der Waals surface area (Å²) in [5, 5.41) is 21.1. The molecule has 3 aromatic rings. The Morgan fingerprint density at radius 3 is 2.73 bits per heavy atom. The molecule has 1 aliphatic rings. The molecule has 0 bridgehead atoms. The number of sulfonamides is 1. The number of aromatic carboxylic acids is 1. The van der Waals surface area contributed by atoms with Gasteiger partial charge in [0.1, 0.15) is 11.3 Å². The Labute approximate surface area is 178 Å². The standard InChI is InChI=1S/C21H20N2O5S2/c1-13-10-18(24)15(21(25)26)11-20(13)30(27,28)22-16-4-2-3-5-17(16)23-8-6-19-14(12-23)7-9-29-19/h2-5,7,9-11,22,24H,6,8,12H2,1H3,(H,25,26). The molecule has 9 heteroatoms. The molecular formula is C21H20N2O5S2. The molecule has 1 aliphatic heterocycles. The lowest BCUT2D eigenvalue weighted by Gasteiger charge is -2.30. The first kappa shape index (κ1) is 20.2. The van der Waals surface area contributed by atoms with E-state index in [9.17, 15) is 23.4 Å². The minimum absolute atomic E-state index is 0.189. The third-order valence-electron chi connectivity index (χ3n) is 5.11. The largest absolute Gasteiger partial charge is 0.507 e. The predicted molar refractivity (Wildman–Crippen MR) is 116 cm³/mol. The molecule has 0 fully saturated rings. The lowest BCUT2D eigenvalue weighted by Crippen LogP contribution is -2.30. The van der Waals surface area contributed by atoms with Crippen molar-refractivity contribution in [2.24, 2.45) is 0 Å². The second-order valence-corrected chi connectivity index (χ2v) is 9.75. The van der Waals surface area contributed by atoms with Crippen molar-refractivity contribution in [3.8, 4) is 5.75 Å². The van der Waals surface area contributed by atoms with Gasteiger partial charge in [-0.05, 0) is 60.2 Å². The number of nitrogens with zero attached hydrogens (tertiary/aromatic N) is 1. The SMILES string of the molecule is Cc1cc(O)c(C(=O)O)cc1S(=O)(=O)Nc1ccccc1N1CCc2sccc2C1. The van der Waals surface area contributed by atoms with Crippen LogP contribution < -0.4 is 9.62 Å². The molecule has 0 unspecified atom stereocenters. The van der Waals surface area contributed by atoms with Gasteiger partial charge in [-0.2, -0.15) is 0 Å². The number of phenols is 1. The van der Waals surface area contributed by atoms with Crippen LogP contribution in [0.4, 0.5) is 11.4 Å². The molecule has 0 saturated heterocycles. The van der Waals surface area contributed by atoms with Crippen LogP contribution in [-0.2, 0) is 23.0 Å². The lowest BCUT2D eigenvalue weighted by molar-refractivity contribution is 0.0693. The molecule has 2 heterocycles. The van der Waals surface area contributed by atoms with E-state index < -0.39 is 27.3 Å². The summed E-state index contributed by atoms with van der Waals surface area (Å²) in [5.74, 6) is -1.87. The van der Waals surface area contributed by atoms with Crippen LogP contribution in [0.1, 0.15) is 26.4 Å². The molecule has 1 aromatic heterocycles. The topological polar surface area (TPSA) is 107 Å². The molecule has 4 rings (SSSR count). The number of hydrogen-bond acceptors (Lipinski definition) is 6. The molecule has 7 nitrogen and oxygen atoms in total. The molecule has 0 amide bonds. The fourth-order valence-corrected chi connectivity index (χ4v) is 5.84. The van der Waals surface area contributed by atoms with E-state index in [2.05, 4.69) is 21.1 Å². The fraction of sp³-hybridized carbons (Fsp3) is 0.190. The van der Waals surface area contributed by atoms with Gasteiger partial charge in [-0.25, -0.2) is 13.2 Å². The van der Waals surface area contributed by atoms with E-state index >= 15 is 0 Å². The van der Waals surface area contributed by atoms with Crippen molar-refractivity contribution in [2.75, 3.05) is 16.2 Å². The third kappa shape index (κ3) is 3.73. The zero-order chi connectivity index (χ0) is 21.5. The Morgan fingerprint density at radius 2 is 1.97 bits per heavy atom. The highest BCUT2D eigenvalue weighted by Crippen LogP contribution is 2.34. The van der Waals surface area contributed by atoms with Crippen molar-refractivity contribution in [1.82, 2.24) is 0 Å². The van der Waals surface area contributed by atoms with Crippen molar-refractivity contribution in [3.63, 3.8) is 0 Å². The Hall–Kier alpha value is -3.04. The maximum absolute atomic E-state index is 13.1. The highest BCUT2D eigenvalue weighted by atomic mass is 32.2. The molecule has 156 valence electrons. The number of thiophene rings is 1. The van der Waals surface area contributed by atoms with Crippen LogP contribution >= 0.6 is 11.3 Å². The van der Waals surface area contributed by atoms with Crippen molar-refractivity contribution >= 4 is 38.7 Å². The van der Waals surface area contributed by atoms with Gasteiger partial charge in [0.05, 0.1) is 16.3 Å². The predicted octanol–water partition coefficient (Wildman–Crippen LogP) is 3.82. The van der Waals surface area contributed by atoms with Crippen molar-refractivity contribution < 1.29 is 23.4 Å². The van der Waals surface area contributed by atoms with E-state index in [4.69, 9.17) is 0 Å². The lowest BCUT2D eigenvalue weighted by atomic mass is 10.1. The maximum Gasteiger partial charge on any atom is 0.339 e. The number of anilines is 2. The molecule has 30 heavy (non-hydrogen) atoms. The van der Waals surface area contributed by atoms with Gasteiger partial charge in [-0.15, -0.1) is 11.3 Å². The molecule has 0 atom stereocenters. The van der Waals surface area contributed by atoms with Crippen molar-refractivity contribution in [1.29, 1.82) is 0 Å².